The number of hydrogen-bond donors (Lipinski definition) is 1. The number of fused-ring (bicyclic) bond motifs is 1. The monoisotopic (exact) mass is 334 g/mol. The van der Waals surface area contributed by atoms with Crippen LogP contribution in [0.25, 0.3) is 5.65 Å². The smallest absolute Gasteiger partial charge is 0.137 e. The molecule has 1 aliphatic heterocycles. The lowest BCUT2D eigenvalue weighted by Gasteiger charge is -2.28. The van der Waals surface area contributed by atoms with Crippen molar-refractivity contribution >= 4 is 5.65 Å². The maximum atomic E-state index is 4.66. The van der Waals surface area contributed by atoms with E-state index in [0.29, 0.717) is 6.04 Å². The predicted octanol–water partition coefficient (Wildman–Crippen LogP) is 3.57. The van der Waals surface area contributed by atoms with Crippen LogP contribution in [0.4, 0.5) is 0 Å². The average molecular weight is 334 g/mol. The zero-order chi connectivity index (χ0) is 17.1. The van der Waals surface area contributed by atoms with Crippen molar-refractivity contribution in [2.24, 2.45) is 0 Å². The van der Waals surface area contributed by atoms with Gasteiger partial charge in [-0.3, -0.25) is 4.90 Å². The minimum atomic E-state index is 0.447. The van der Waals surface area contributed by atoms with Gasteiger partial charge in [0.2, 0.25) is 0 Å². The molecule has 1 atom stereocenters. The van der Waals surface area contributed by atoms with E-state index in [0.717, 1.165) is 24.4 Å². The van der Waals surface area contributed by atoms with Crippen LogP contribution in [0.1, 0.15) is 35.8 Å². The van der Waals surface area contributed by atoms with Gasteiger partial charge in [0.1, 0.15) is 5.65 Å². The Morgan fingerprint density at radius 2 is 1.80 bits per heavy atom. The Balaban J connectivity index is 1.48. The fraction of sp³-hybridized carbons (Fsp3) is 0.381. The Labute approximate surface area is 149 Å². The van der Waals surface area contributed by atoms with E-state index in [1.54, 1.807) is 0 Å². The number of aromatic nitrogens is 2. The lowest BCUT2D eigenvalue weighted by Crippen LogP contribution is -2.34. The van der Waals surface area contributed by atoms with Crippen LogP contribution in [0.2, 0.25) is 0 Å². The van der Waals surface area contributed by atoms with E-state index in [2.05, 4.69) is 75.2 Å². The normalized spacial score (nSPS) is 16.5. The van der Waals surface area contributed by atoms with Crippen LogP contribution in [0.5, 0.6) is 0 Å². The lowest BCUT2D eigenvalue weighted by atomic mass is 10.1. The van der Waals surface area contributed by atoms with Gasteiger partial charge < -0.3 is 9.72 Å². The standard InChI is InChI=1S/C21H26N4/c1-17-19(25-14-6-5-11-21(25)23-17)15-22-16-20(24-12-7-8-13-24)18-9-3-2-4-10-18/h2-6,9-11,14,20,22H,7-8,12-13,15-16H2,1H3/t20-/m0/s1. The average Bonchev–Trinajstić information content (AvgIpc) is 3.27. The summed E-state index contributed by atoms with van der Waals surface area (Å²) in [6.07, 6.45) is 4.73. The number of nitrogens with one attached hydrogen (secondary N) is 1. The van der Waals surface area contributed by atoms with Gasteiger partial charge >= 0.3 is 0 Å². The van der Waals surface area contributed by atoms with Gasteiger partial charge in [-0.25, -0.2) is 4.98 Å². The van der Waals surface area contributed by atoms with Crippen LogP contribution in [-0.2, 0) is 6.54 Å². The molecule has 0 radical (unpaired) electrons. The van der Waals surface area contributed by atoms with E-state index in [-0.39, 0.29) is 0 Å². The van der Waals surface area contributed by atoms with Gasteiger partial charge in [0.25, 0.3) is 0 Å². The minimum Gasteiger partial charge on any atom is -0.309 e. The molecule has 4 heteroatoms. The number of hydrogen-bond acceptors (Lipinski definition) is 3. The summed E-state index contributed by atoms with van der Waals surface area (Å²) >= 11 is 0. The molecule has 0 saturated carbocycles. The van der Waals surface area contributed by atoms with Crippen LogP contribution in [0, 0.1) is 6.92 Å². The molecular weight excluding hydrogens is 308 g/mol. The van der Waals surface area contributed by atoms with Gasteiger partial charge in [0.15, 0.2) is 0 Å². The van der Waals surface area contributed by atoms with Crippen LogP contribution in [0.3, 0.4) is 0 Å². The second-order valence-corrected chi connectivity index (χ2v) is 6.87. The Morgan fingerprint density at radius 3 is 2.60 bits per heavy atom. The highest BCUT2D eigenvalue weighted by Gasteiger charge is 2.23. The van der Waals surface area contributed by atoms with Gasteiger partial charge in [-0.2, -0.15) is 0 Å². The number of rotatable bonds is 6. The maximum absolute atomic E-state index is 4.66. The fourth-order valence-electron chi connectivity index (χ4n) is 3.89. The quantitative estimate of drug-likeness (QED) is 0.748. The van der Waals surface area contributed by atoms with Crippen molar-refractivity contribution in [2.45, 2.75) is 32.4 Å². The van der Waals surface area contributed by atoms with Crippen molar-refractivity contribution in [1.82, 2.24) is 19.6 Å². The number of pyridine rings is 1. The first-order valence-corrected chi connectivity index (χ1v) is 9.25. The first-order valence-electron chi connectivity index (χ1n) is 9.25. The molecule has 0 amide bonds. The van der Waals surface area contributed by atoms with Crippen molar-refractivity contribution in [2.75, 3.05) is 19.6 Å². The number of aryl methyl sites for hydroxylation is 1. The van der Waals surface area contributed by atoms with Crippen molar-refractivity contribution in [3.63, 3.8) is 0 Å². The zero-order valence-corrected chi connectivity index (χ0v) is 14.9. The van der Waals surface area contributed by atoms with E-state index in [9.17, 15) is 0 Å². The SMILES string of the molecule is Cc1nc2ccccn2c1CNC[C@@H](c1ccccc1)N1CCCC1. The molecule has 0 unspecified atom stereocenters. The van der Waals surface area contributed by atoms with Gasteiger partial charge in [0, 0.05) is 25.3 Å². The van der Waals surface area contributed by atoms with E-state index in [1.807, 2.05) is 6.07 Å². The number of nitrogens with zero attached hydrogens (tertiary/aromatic N) is 3. The third-order valence-electron chi connectivity index (χ3n) is 5.22. The lowest BCUT2D eigenvalue weighted by molar-refractivity contribution is 0.238. The minimum absolute atomic E-state index is 0.447. The Kier molecular flexibility index (Phi) is 4.81. The second-order valence-electron chi connectivity index (χ2n) is 6.87. The van der Waals surface area contributed by atoms with Crippen molar-refractivity contribution in [3.05, 3.63) is 71.7 Å². The highest BCUT2D eigenvalue weighted by Crippen LogP contribution is 2.24. The second kappa shape index (κ2) is 7.38. The summed E-state index contributed by atoms with van der Waals surface area (Å²) in [6, 6.07) is 17.5. The molecule has 1 saturated heterocycles. The summed E-state index contributed by atoms with van der Waals surface area (Å²) in [6.45, 7) is 6.31. The van der Waals surface area contributed by atoms with E-state index in [4.69, 9.17) is 0 Å². The molecule has 25 heavy (non-hydrogen) atoms. The first-order chi connectivity index (χ1) is 12.3. The summed E-state index contributed by atoms with van der Waals surface area (Å²) in [5.74, 6) is 0. The Bertz CT molecular complexity index is 818. The van der Waals surface area contributed by atoms with E-state index < -0.39 is 0 Å². The molecular formula is C21H26N4. The largest absolute Gasteiger partial charge is 0.309 e. The summed E-state index contributed by atoms with van der Waals surface area (Å²) in [4.78, 5) is 7.27. The summed E-state index contributed by atoms with van der Waals surface area (Å²) in [5, 5.41) is 3.69. The van der Waals surface area contributed by atoms with Crippen LogP contribution >= 0.6 is 0 Å². The van der Waals surface area contributed by atoms with Crippen LogP contribution in [0.15, 0.2) is 54.7 Å². The highest BCUT2D eigenvalue weighted by molar-refractivity contribution is 5.42. The molecule has 1 fully saturated rings. The first kappa shape index (κ1) is 16.3. The van der Waals surface area contributed by atoms with Gasteiger partial charge in [-0.05, 0) is 50.6 Å². The molecule has 4 nitrogen and oxygen atoms in total. The van der Waals surface area contributed by atoms with Crippen molar-refractivity contribution < 1.29 is 0 Å². The van der Waals surface area contributed by atoms with Gasteiger partial charge in [0.05, 0.1) is 11.4 Å². The topological polar surface area (TPSA) is 32.6 Å². The highest BCUT2D eigenvalue weighted by atomic mass is 15.2. The van der Waals surface area contributed by atoms with Crippen LogP contribution < -0.4 is 5.32 Å². The summed E-state index contributed by atoms with van der Waals surface area (Å²) < 4.78 is 2.19. The molecule has 2 aromatic heterocycles. The number of imidazole rings is 1. The molecule has 0 spiro atoms. The molecule has 1 aromatic carbocycles. The molecule has 3 aromatic rings. The van der Waals surface area contributed by atoms with Crippen molar-refractivity contribution in [1.29, 1.82) is 0 Å². The Morgan fingerprint density at radius 1 is 1.04 bits per heavy atom. The molecule has 1 N–H and O–H groups in total. The third-order valence-corrected chi connectivity index (χ3v) is 5.22. The fourth-order valence-corrected chi connectivity index (χ4v) is 3.89. The predicted molar refractivity (Wildman–Crippen MR) is 102 cm³/mol. The summed E-state index contributed by atoms with van der Waals surface area (Å²) in [5.41, 5.74) is 4.79. The van der Waals surface area contributed by atoms with Gasteiger partial charge in [-0.1, -0.05) is 36.4 Å². The number of benzene rings is 1. The summed E-state index contributed by atoms with van der Waals surface area (Å²) in [7, 11) is 0. The van der Waals surface area contributed by atoms with Crippen molar-refractivity contribution in [3.8, 4) is 0 Å². The maximum Gasteiger partial charge on any atom is 0.137 e. The number of likely N-dealkylation sites (tertiary alicyclic amines) is 1. The third kappa shape index (κ3) is 3.46. The zero-order valence-electron chi connectivity index (χ0n) is 14.9. The molecule has 130 valence electrons. The molecule has 4 rings (SSSR count). The van der Waals surface area contributed by atoms with Crippen LogP contribution in [-0.4, -0.2) is 33.9 Å². The van der Waals surface area contributed by atoms with E-state index in [1.165, 1.54) is 37.2 Å². The Hall–Kier alpha value is -2.17. The van der Waals surface area contributed by atoms with Gasteiger partial charge in [-0.15, -0.1) is 0 Å². The molecule has 3 heterocycles. The van der Waals surface area contributed by atoms with E-state index >= 15 is 0 Å². The molecule has 0 bridgehead atoms. The molecule has 0 aliphatic carbocycles. The molecule has 1 aliphatic rings.